The highest BCUT2D eigenvalue weighted by Crippen LogP contribution is 2.33. The lowest BCUT2D eigenvalue weighted by Gasteiger charge is -2.12. The van der Waals surface area contributed by atoms with Crippen LogP contribution in [0.25, 0.3) is 0 Å². The van der Waals surface area contributed by atoms with Gasteiger partial charge in [0, 0.05) is 37.0 Å². The zero-order chi connectivity index (χ0) is 17.1. The molecule has 7 heteroatoms. The van der Waals surface area contributed by atoms with E-state index in [4.69, 9.17) is 0 Å². The van der Waals surface area contributed by atoms with Crippen LogP contribution in [0.1, 0.15) is 43.7 Å². The van der Waals surface area contributed by atoms with Crippen molar-refractivity contribution < 1.29 is 0 Å². The van der Waals surface area contributed by atoms with Gasteiger partial charge < -0.3 is 15.5 Å². The fraction of sp³-hybridized carbons (Fsp3) is 0.611. The Morgan fingerprint density at radius 2 is 2.12 bits per heavy atom. The van der Waals surface area contributed by atoms with Gasteiger partial charge in [-0.15, -0.1) is 0 Å². The Hall–Kier alpha value is -2.15. The lowest BCUT2D eigenvalue weighted by Crippen LogP contribution is -2.19. The smallest absolute Gasteiger partial charge is 0.224 e. The number of H-pyrrole nitrogens is 1. The van der Waals surface area contributed by atoms with Crippen LogP contribution in [0.4, 0.5) is 17.6 Å². The van der Waals surface area contributed by atoms with Crippen LogP contribution in [0.5, 0.6) is 0 Å². The summed E-state index contributed by atoms with van der Waals surface area (Å²) >= 11 is 0. The number of anilines is 3. The summed E-state index contributed by atoms with van der Waals surface area (Å²) in [7, 11) is 2.17. The lowest BCUT2D eigenvalue weighted by atomic mass is 10.0. The molecular weight excluding hydrogens is 314 g/mol. The van der Waals surface area contributed by atoms with Crippen LogP contribution < -0.4 is 10.6 Å². The molecule has 134 valence electrons. The van der Waals surface area contributed by atoms with Crippen LogP contribution in [-0.4, -0.2) is 51.7 Å². The van der Waals surface area contributed by atoms with E-state index >= 15 is 0 Å². The molecule has 7 nitrogen and oxygen atoms in total. The predicted molar refractivity (Wildman–Crippen MR) is 99.2 cm³/mol. The monoisotopic (exact) mass is 341 g/mol. The van der Waals surface area contributed by atoms with Crippen molar-refractivity contribution in [2.75, 3.05) is 37.3 Å². The summed E-state index contributed by atoms with van der Waals surface area (Å²) in [5, 5.41) is 14.2. The quantitative estimate of drug-likeness (QED) is 0.749. The molecule has 1 aliphatic heterocycles. The van der Waals surface area contributed by atoms with Crippen LogP contribution in [0.15, 0.2) is 18.3 Å². The molecular formula is C18H27N7. The van der Waals surface area contributed by atoms with Gasteiger partial charge in [-0.1, -0.05) is 12.8 Å². The van der Waals surface area contributed by atoms with Crippen LogP contribution in [0.3, 0.4) is 0 Å². The van der Waals surface area contributed by atoms with Gasteiger partial charge >= 0.3 is 0 Å². The molecule has 3 heterocycles. The van der Waals surface area contributed by atoms with E-state index in [2.05, 4.69) is 48.8 Å². The van der Waals surface area contributed by atoms with Gasteiger partial charge in [0.2, 0.25) is 5.95 Å². The Bertz CT molecular complexity index is 692. The molecule has 3 N–H and O–H groups in total. The number of nitrogens with one attached hydrogen (secondary N) is 3. The van der Waals surface area contributed by atoms with Crippen molar-refractivity contribution in [1.82, 2.24) is 25.1 Å². The first-order chi connectivity index (χ1) is 12.3. The van der Waals surface area contributed by atoms with Gasteiger partial charge in [-0.25, -0.2) is 4.98 Å². The number of rotatable bonds is 6. The first-order valence-corrected chi connectivity index (χ1v) is 9.34. The molecule has 1 unspecified atom stereocenters. The second kappa shape index (κ2) is 7.39. The van der Waals surface area contributed by atoms with Crippen molar-refractivity contribution in [2.45, 2.75) is 38.0 Å². The molecule has 1 saturated carbocycles. The van der Waals surface area contributed by atoms with Gasteiger partial charge in [-0.05, 0) is 44.8 Å². The summed E-state index contributed by atoms with van der Waals surface area (Å²) in [4.78, 5) is 11.2. The van der Waals surface area contributed by atoms with Gasteiger partial charge in [-0.2, -0.15) is 10.1 Å². The average molecular weight is 341 g/mol. The van der Waals surface area contributed by atoms with Gasteiger partial charge in [0.1, 0.15) is 5.82 Å². The van der Waals surface area contributed by atoms with Crippen molar-refractivity contribution in [3.8, 4) is 0 Å². The lowest BCUT2D eigenvalue weighted by molar-refractivity contribution is 0.399. The maximum atomic E-state index is 4.55. The van der Waals surface area contributed by atoms with Crippen LogP contribution in [0, 0.1) is 5.92 Å². The molecule has 0 radical (unpaired) electrons. The normalized spacial score (nSPS) is 21.7. The summed E-state index contributed by atoms with van der Waals surface area (Å²) in [5.41, 5.74) is 1.23. The highest BCUT2D eigenvalue weighted by atomic mass is 15.2. The first-order valence-electron chi connectivity index (χ1n) is 9.34. The van der Waals surface area contributed by atoms with Crippen molar-refractivity contribution in [1.29, 1.82) is 0 Å². The Labute approximate surface area is 148 Å². The van der Waals surface area contributed by atoms with Gasteiger partial charge in [0.15, 0.2) is 5.82 Å². The first kappa shape index (κ1) is 16.3. The van der Waals surface area contributed by atoms with Gasteiger partial charge in [0.25, 0.3) is 0 Å². The molecule has 0 amide bonds. The van der Waals surface area contributed by atoms with Crippen molar-refractivity contribution in [2.24, 2.45) is 5.92 Å². The Kier molecular flexibility index (Phi) is 4.83. The highest BCUT2D eigenvalue weighted by molar-refractivity contribution is 5.53. The third-order valence-electron chi connectivity index (χ3n) is 5.34. The molecule has 1 aliphatic carbocycles. The fourth-order valence-electron chi connectivity index (χ4n) is 3.92. The molecule has 0 bridgehead atoms. The number of aromatic nitrogens is 4. The molecule has 2 fully saturated rings. The number of nitrogens with zero attached hydrogens (tertiary/aromatic N) is 4. The Morgan fingerprint density at radius 1 is 1.24 bits per heavy atom. The van der Waals surface area contributed by atoms with E-state index in [0.29, 0.717) is 17.8 Å². The minimum atomic E-state index is 0.634. The molecule has 0 aromatic carbocycles. The summed E-state index contributed by atoms with van der Waals surface area (Å²) in [6.07, 6.45) is 8.19. The topological polar surface area (TPSA) is 81.8 Å². The van der Waals surface area contributed by atoms with E-state index in [9.17, 15) is 0 Å². The van der Waals surface area contributed by atoms with E-state index in [0.717, 1.165) is 24.7 Å². The van der Waals surface area contributed by atoms with Crippen LogP contribution >= 0.6 is 0 Å². The van der Waals surface area contributed by atoms with Crippen molar-refractivity contribution in [3.63, 3.8) is 0 Å². The zero-order valence-corrected chi connectivity index (χ0v) is 14.8. The average Bonchev–Trinajstić information content (AvgIpc) is 3.35. The molecule has 4 rings (SSSR count). The van der Waals surface area contributed by atoms with Gasteiger partial charge in [0.05, 0.1) is 0 Å². The third kappa shape index (κ3) is 4.10. The summed E-state index contributed by atoms with van der Waals surface area (Å²) < 4.78 is 0. The second-order valence-corrected chi connectivity index (χ2v) is 7.38. The number of hydrogen-bond donors (Lipinski definition) is 3. The predicted octanol–water partition coefficient (Wildman–Crippen LogP) is 2.96. The minimum absolute atomic E-state index is 0.634. The third-order valence-corrected chi connectivity index (χ3v) is 5.34. The maximum Gasteiger partial charge on any atom is 0.224 e. The second-order valence-electron chi connectivity index (χ2n) is 7.38. The molecule has 1 atom stereocenters. The standard InChI is InChI=1S/C18H27N7/c1-25-9-7-13(12-25)11-20-18-19-8-6-16(22-18)21-17-10-15(23-24-17)14-4-2-3-5-14/h6,8,10,13-14H,2-5,7,9,11-12H2,1H3,(H3,19,20,21,22,23,24). The Morgan fingerprint density at radius 3 is 2.92 bits per heavy atom. The van der Waals surface area contributed by atoms with E-state index in [1.807, 2.05) is 6.07 Å². The highest BCUT2D eigenvalue weighted by Gasteiger charge is 2.20. The van der Waals surface area contributed by atoms with E-state index in [1.54, 1.807) is 6.20 Å². The maximum absolute atomic E-state index is 4.55. The minimum Gasteiger partial charge on any atom is -0.354 e. The molecule has 1 saturated heterocycles. The largest absolute Gasteiger partial charge is 0.354 e. The zero-order valence-electron chi connectivity index (χ0n) is 14.8. The molecule has 2 aromatic rings. The van der Waals surface area contributed by atoms with Gasteiger partial charge in [-0.3, -0.25) is 5.10 Å². The molecule has 2 aromatic heterocycles. The summed E-state index contributed by atoms with van der Waals surface area (Å²) in [6.45, 7) is 3.24. The fourth-order valence-corrected chi connectivity index (χ4v) is 3.92. The summed E-state index contributed by atoms with van der Waals surface area (Å²) in [5.74, 6) is 3.57. The number of likely N-dealkylation sites (tertiary alicyclic amines) is 1. The van der Waals surface area contributed by atoms with Crippen molar-refractivity contribution >= 4 is 17.6 Å². The van der Waals surface area contributed by atoms with Crippen LogP contribution in [0.2, 0.25) is 0 Å². The molecule has 25 heavy (non-hydrogen) atoms. The number of hydrogen-bond acceptors (Lipinski definition) is 6. The number of aromatic amines is 1. The summed E-state index contributed by atoms with van der Waals surface area (Å²) in [6, 6.07) is 3.98. The van der Waals surface area contributed by atoms with E-state index < -0.39 is 0 Å². The molecule has 2 aliphatic rings. The molecule has 0 spiro atoms. The SMILES string of the molecule is CN1CCC(CNc2nccc(Nc3cc(C4CCCC4)[nH]n3)n2)C1. The van der Waals surface area contributed by atoms with E-state index in [-0.39, 0.29) is 0 Å². The Balaban J connectivity index is 1.34. The van der Waals surface area contributed by atoms with E-state index in [1.165, 1.54) is 44.3 Å². The van der Waals surface area contributed by atoms with Crippen LogP contribution in [-0.2, 0) is 0 Å². The van der Waals surface area contributed by atoms with Crippen molar-refractivity contribution in [3.05, 3.63) is 24.0 Å².